The Bertz CT molecular complexity index is 590. The van der Waals surface area contributed by atoms with Crippen molar-refractivity contribution in [1.29, 1.82) is 0 Å². The van der Waals surface area contributed by atoms with Gasteiger partial charge >= 0.3 is 0 Å². The van der Waals surface area contributed by atoms with Gasteiger partial charge in [-0.2, -0.15) is 0 Å². The summed E-state index contributed by atoms with van der Waals surface area (Å²) in [6, 6.07) is 8.03. The highest BCUT2D eigenvalue weighted by Gasteiger charge is 2.44. The van der Waals surface area contributed by atoms with Gasteiger partial charge in [-0.25, -0.2) is 8.42 Å². The first kappa shape index (κ1) is 11.9. The molecule has 4 heteroatoms. The Balaban J connectivity index is 1.62. The van der Waals surface area contributed by atoms with Gasteiger partial charge in [-0.3, -0.25) is 0 Å². The highest BCUT2D eigenvalue weighted by Crippen LogP contribution is 2.46. The van der Waals surface area contributed by atoms with Crippen LogP contribution in [0.25, 0.3) is 0 Å². The maximum atomic E-state index is 12.2. The summed E-state index contributed by atoms with van der Waals surface area (Å²) in [5.41, 5.74) is 0.980. The summed E-state index contributed by atoms with van der Waals surface area (Å²) in [7, 11) is -3.07. The van der Waals surface area contributed by atoms with Gasteiger partial charge in [0.15, 0.2) is 9.84 Å². The number of rotatable bonds is 4. The average molecular weight is 277 g/mol. The molecule has 0 radical (unpaired) electrons. The third-order valence-electron chi connectivity index (χ3n) is 4.67. The largest absolute Gasteiger partial charge is 0.306 e. The molecule has 1 atom stereocenters. The highest BCUT2D eigenvalue weighted by molar-refractivity contribution is 7.91. The molecule has 1 N–H and O–H groups in total. The molecule has 2 aliphatic carbocycles. The van der Waals surface area contributed by atoms with Crippen molar-refractivity contribution in [2.24, 2.45) is 11.8 Å². The van der Waals surface area contributed by atoms with Crippen molar-refractivity contribution in [1.82, 2.24) is 5.32 Å². The number of nitrogens with one attached hydrogen (secondary N) is 1. The first-order valence-corrected chi connectivity index (χ1v) is 8.88. The van der Waals surface area contributed by atoms with Gasteiger partial charge in [-0.15, -0.1) is 0 Å². The Hall–Kier alpha value is -0.870. The molecule has 1 aromatic rings. The fraction of sp³-hybridized carbons (Fsp3) is 0.600. The molecule has 0 aromatic heterocycles. The molecule has 102 valence electrons. The van der Waals surface area contributed by atoms with E-state index in [0.29, 0.717) is 10.9 Å². The molecule has 1 aromatic carbocycles. The van der Waals surface area contributed by atoms with Crippen molar-refractivity contribution in [2.75, 3.05) is 5.75 Å². The summed E-state index contributed by atoms with van der Waals surface area (Å²) in [4.78, 5) is 0.540. The average Bonchev–Trinajstić information content (AvgIpc) is 3.26. The Morgan fingerprint density at radius 3 is 2.32 bits per heavy atom. The summed E-state index contributed by atoms with van der Waals surface area (Å²) in [5.74, 6) is 1.83. The predicted molar refractivity (Wildman–Crippen MR) is 73.6 cm³/mol. The number of sulfone groups is 1. The second kappa shape index (κ2) is 4.06. The smallest absolute Gasteiger partial charge is 0.180 e. The van der Waals surface area contributed by atoms with Crippen molar-refractivity contribution >= 4 is 9.84 Å². The summed E-state index contributed by atoms with van der Waals surface area (Å²) < 4.78 is 24.4. The van der Waals surface area contributed by atoms with E-state index in [1.165, 1.54) is 25.7 Å². The number of hydrogen-bond donors (Lipinski definition) is 1. The summed E-state index contributed by atoms with van der Waals surface area (Å²) in [5, 5.41) is 3.67. The lowest BCUT2D eigenvalue weighted by Gasteiger charge is -2.22. The van der Waals surface area contributed by atoms with E-state index in [0.717, 1.165) is 17.4 Å². The van der Waals surface area contributed by atoms with Gasteiger partial charge in [0.2, 0.25) is 0 Å². The van der Waals surface area contributed by atoms with E-state index in [-0.39, 0.29) is 11.8 Å². The molecule has 1 unspecified atom stereocenters. The molecule has 0 spiro atoms. The van der Waals surface area contributed by atoms with E-state index < -0.39 is 9.84 Å². The van der Waals surface area contributed by atoms with E-state index in [1.807, 2.05) is 18.2 Å². The Morgan fingerprint density at radius 1 is 1.05 bits per heavy atom. The van der Waals surface area contributed by atoms with E-state index in [2.05, 4.69) is 5.32 Å². The van der Waals surface area contributed by atoms with Crippen LogP contribution in [0.5, 0.6) is 0 Å². The molecule has 0 bridgehead atoms. The topological polar surface area (TPSA) is 46.2 Å². The van der Waals surface area contributed by atoms with Crippen LogP contribution in [0.15, 0.2) is 29.2 Å². The number of hydrogen-bond acceptors (Lipinski definition) is 3. The van der Waals surface area contributed by atoms with E-state index in [9.17, 15) is 8.42 Å². The number of benzene rings is 1. The Kier molecular flexibility index (Phi) is 2.55. The lowest BCUT2D eigenvalue weighted by molar-refractivity contribution is 0.380. The van der Waals surface area contributed by atoms with Gasteiger partial charge in [-0.05, 0) is 49.1 Å². The molecule has 19 heavy (non-hydrogen) atoms. The third kappa shape index (κ3) is 2.11. The Morgan fingerprint density at radius 2 is 1.68 bits per heavy atom. The third-order valence-corrected chi connectivity index (χ3v) is 6.48. The summed E-state index contributed by atoms with van der Waals surface area (Å²) in [6.45, 7) is 0. The molecule has 3 aliphatic rings. The lowest BCUT2D eigenvalue weighted by Crippen LogP contribution is -2.37. The van der Waals surface area contributed by atoms with Crippen LogP contribution in [0.3, 0.4) is 0 Å². The van der Waals surface area contributed by atoms with Gasteiger partial charge < -0.3 is 5.32 Å². The normalized spacial score (nSPS) is 28.6. The predicted octanol–water partition coefficient (Wildman–Crippen LogP) is 2.29. The molecule has 1 aliphatic heterocycles. The van der Waals surface area contributed by atoms with E-state index >= 15 is 0 Å². The first-order chi connectivity index (χ1) is 9.15. The Labute approximate surface area is 114 Å². The molecule has 0 saturated heterocycles. The fourth-order valence-electron chi connectivity index (χ4n) is 3.39. The fourth-order valence-corrected chi connectivity index (χ4v) is 5.14. The van der Waals surface area contributed by atoms with Crippen LogP contribution in [0.4, 0.5) is 0 Å². The van der Waals surface area contributed by atoms with Gasteiger partial charge in [-0.1, -0.05) is 18.2 Å². The minimum atomic E-state index is -3.07. The summed E-state index contributed by atoms with van der Waals surface area (Å²) >= 11 is 0. The second-order valence-corrected chi connectivity index (χ2v) is 8.24. The minimum Gasteiger partial charge on any atom is -0.306 e. The van der Waals surface area contributed by atoms with Crippen LogP contribution in [0.2, 0.25) is 0 Å². The van der Waals surface area contributed by atoms with Gasteiger partial charge in [0.05, 0.1) is 10.6 Å². The summed E-state index contributed by atoms with van der Waals surface area (Å²) in [6.07, 6.45) is 5.26. The molecule has 0 amide bonds. The van der Waals surface area contributed by atoms with Crippen LogP contribution in [0, 0.1) is 11.8 Å². The zero-order valence-corrected chi connectivity index (χ0v) is 11.7. The van der Waals surface area contributed by atoms with E-state index in [4.69, 9.17) is 0 Å². The van der Waals surface area contributed by atoms with Crippen molar-refractivity contribution in [3.8, 4) is 0 Å². The van der Waals surface area contributed by atoms with Crippen molar-refractivity contribution in [3.05, 3.63) is 29.8 Å². The monoisotopic (exact) mass is 277 g/mol. The van der Waals surface area contributed by atoms with Gasteiger partial charge in [0.25, 0.3) is 0 Å². The van der Waals surface area contributed by atoms with Crippen molar-refractivity contribution in [2.45, 2.75) is 42.7 Å². The quantitative estimate of drug-likeness (QED) is 0.918. The first-order valence-electron chi connectivity index (χ1n) is 7.23. The maximum Gasteiger partial charge on any atom is 0.180 e. The molecule has 1 heterocycles. The molecule has 4 rings (SSSR count). The van der Waals surface area contributed by atoms with E-state index in [1.54, 1.807) is 6.07 Å². The zero-order valence-electron chi connectivity index (χ0n) is 10.9. The molecular weight excluding hydrogens is 258 g/mol. The van der Waals surface area contributed by atoms with Gasteiger partial charge in [0, 0.05) is 12.1 Å². The van der Waals surface area contributed by atoms with Crippen molar-refractivity contribution in [3.63, 3.8) is 0 Å². The minimum absolute atomic E-state index is 0.00685. The van der Waals surface area contributed by atoms with Crippen LogP contribution in [-0.2, 0) is 9.84 Å². The maximum absolute atomic E-state index is 12.2. The highest BCUT2D eigenvalue weighted by atomic mass is 32.2. The van der Waals surface area contributed by atoms with Crippen LogP contribution < -0.4 is 5.32 Å². The van der Waals surface area contributed by atoms with Crippen LogP contribution in [-0.4, -0.2) is 20.2 Å². The van der Waals surface area contributed by atoms with Gasteiger partial charge in [0.1, 0.15) is 0 Å². The van der Waals surface area contributed by atoms with Crippen molar-refractivity contribution < 1.29 is 8.42 Å². The second-order valence-electron chi connectivity index (χ2n) is 6.24. The lowest BCUT2D eigenvalue weighted by atomic mass is 10.0. The SMILES string of the molecule is O=S1(=O)CC(NC(C2CC2)C2CC2)c2ccccc21. The number of fused-ring (bicyclic) bond motifs is 1. The molecule has 2 saturated carbocycles. The molecular formula is C15H19NO2S. The van der Waals surface area contributed by atoms with Crippen LogP contribution >= 0.6 is 0 Å². The molecule has 3 nitrogen and oxygen atoms in total. The van der Waals surface area contributed by atoms with Crippen LogP contribution in [0.1, 0.15) is 37.3 Å². The standard InChI is InChI=1S/C15H19NO2S/c17-19(18)9-13(12-3-1-2-4-14(12)19)16-15(10-5-6-10)11-7-8-11/h1-4,10-11,13,15-16H,5-9H2. The zero-order chi connectivity index (χ0) is 13.0. The molecule has 2 fully saturated rings.